The summed E-state index contributed by atoms with van der Waals surface area (Å²) in [6.45, 7) is 9.52. The molecule has 0 spiro atoms. The summed E-state index contributed by atoms with van der Waals surface area (Å²) in [4.78, 5) is 11.5. The van der Waals surface area contributed by atoms with E-state index < -0.39 is 6.04 Å². The number of hydrogen-bond donors (Lipinski definition) is 1. The third kappa shape index (κ3) is 4.62. The number of nitrogens with one attached hydrogen (secondary N) is 1. The number of hydrogen-bond acceptors (Lipinski definition) is 4. The molecule has 0 rings (SSSR count). The fourth-order valence-corrected chi connectivity index (χ4v) is 0.981. The van der Waals surface area contributed by atoms with Crippen LogP contribution in [-0.2, 0) is 9.53 Å². The lowest BCUT2D eigenvalue weighted by atomic mass is 9.96. The number of rotatable bonds is 6. The van der Waals surface area contributed by atoms with Gasteiger partial charge in [0.1, 0.15) is 6.04 Å². The van der Waals surface area contributed by atoms with Crippen molar-refractivity contribution < 1.29 is 9.53 Å². The molecule has 15 heavy (non-hydrogen) atoms. The van der Waals surface area contributed by atoms with Gasteiger partial charge in [-0.25, -0.2) is 4.79 Å². The van der Waals surface area contributed by atoms with Gasteiger partial charge < -0.3 is 4.74 Å². The zero-order valence-electron chi connectivity index (χ0n) is 9.36. The first-order valence-electron chi connectivity index (χ1n) is 4.72. The van der Waals surface area contributed by atoms with Gasteiger partial charge in [0.15, 0.2) is 0 Å². The normalized spacial score (nSPS) is 14.6. The van der Waals surface area contributed by atoms with Gasteiger partial charge in [0, 0.05) is 5.92 Å². The molecule has 0 aliphatic carbocycles. The highest BCUT2D eigenvalue weighted by Crippen LogP contribution is 2.13. The van der Waals surface area contributed by atoms with E-state index in [9.17, 15) is 4.79 Å². The minimum atomic E-state index is -0.602. The highest BCUT2D eigenvalue weighted by Gasteiger charge is 2.26. The lowest BCUT2D eigenvalue weighted by Gasteiger charge is -2.21. The van der Waals surface area contributed by atoms with Crippen LogP contribution in [0.1, 0.15) is 20.8 Å². The molecule has 2 radical (unpaired) electrons. The van der Waals surface area contributed by atoms with E-state index in [1.807, 2.05) is 13.8 Å². The first-order valence-corrected chi connectivity index (χ1v) is 4.72. The van der Waals surface area contributed by atoms with Gasteiger partial charge in [-0.05, 0) is 13.8 Å². The van der Waals surface area contributed by atoms with Crippen molar-refractivity contribution in [3.8, 4) is 0 Å². The largest absolute Gasteiger partial charge is 0.464 e. The Hall–Kier alpha value is -1.33. The standard InChI is InChI=1S/C9H16BN3O2/c1-5-15-9(14)8(11-13-12-10)7(4)6(2)3/h7-8H,2,5H2,1,3-4H3,(H,11,12)/t7-,8-/m0/s1. The van der Waals surface area contributed by atoms with Crippen LogP contribution in [0, 0.1) is 5.92 Å². The molecule has 0 aliphatic heterocycles. The number of carbonyl (C=O) groups is 1. The van der Waals surface area contributed by atoms with Crippen LogP contribution in [0.3, 0.4) is 0 Å². The number of carbonyl (C=O) groups excluding carboxylic acids is 1. The van der Waals surface area contributed by atoms with Crippen molar-refractivity contribution in [1.82, 2.24) is 5.43 Å². The fourth-order valence-electron chi connectivity index (χ4n) is 0.981. The SMILES string of the molecule is [B]N=NN[C@H](C(=O)OCC)[C@@H](C)C(=C)C. The molecular formula is C9H16BN3O2. The minimum absolute atomic E-state index is 0.102. The van der Waals surface area contributed by atoms with Gasteiger partial charge >= 0.3 is 5.97 Å². The maximum absolute atomic E-state index is 11.5. The summed E-state index contributed by atoms with van der Waals surface area (Å²) >= 11 is 0. The summed E-state index contributed by atoms with van der Waals surface area (Å²) in [5.74, 6) is -0.491. The molecule has 0 saturated heterocycles. The average Bonchev–Trinajstić information content (AvgIpc) is 2.18. The Kier molecular flexibility index (Phi) is 6.41. The van der Waals surface area contributed by atoms with Crippen LogP contribution >= 0.6 is 0 Å². The fraction of sp³-hybridized carbons (Fsp3) is 0.667. The van der Waals surface area contributed by atoms with E-state index in [2.05, 4.69) is 22.3 Å². The molecule has 0 bridgehead atoms. The molecule has 0 saturated carbocycles. The summed E-state index contributed by atoms with van der Waals surface area (Å²) in [6.07, 6.45) is 0. The molecule has 0 aromatic heterocycles. The second-order valence-corrected chi connectivity index (χ2v) is 3.21. The third-order valence-electron chi connectivity index (χ3n) is 2.07. The quantitative estimate of drug-likeness (QED) is 0.235. The molecule has 0 fully saturated rings. The van der Waals surface area contributed by atoms with Crippen LogP contribution in [0.5, 0.6) is 0 Å². The molecule has 5 nitrogen and oxygen atoms in total. The highest BCUT2D eigenvalue weighted by molar-refractivity contribution is 6.04. The second-order valence-electron chi connectivity index (χ2n) is 3.21. The van der Waals surface area contributed by atoms with Crippen LogP contribution in [0.4, 0.5) is 0 Å². The van der Waals surface area contributed by atoms with Crippen molar-refractivity contribution >= 4 is 14.0 Å². The van der Waals surface area contributed by atoms with E-state index in [1.165, 1.54) is 0 Å². The van der Waals surface area contributed by atoms with Gasteiger partial charge in [-0.15, -0.1) is 0 Å². The minimum Gasteiger partial charge on any atom is -0.464 e. The third-order valence-corrected chi connectivity index (χ3v) is 2.07. The molecule has 6 heteroatoms. The van der Waals surface area contributed by atoms with Crippen LogP contribution in [-0.4, -0.2) is 26.6 Å². The topological polar surface area (TPSA) is 63.0 Å². The lowest BCUT2D eigenvalue weighted by Crippen LogP contribution is -2.40. The van der Waals surface area contributed by atoms with E-state index in [1.54, 1.807) is 6.92 Å². The Balaban J connectivity index is 4.55. The molecule has 1 N–H and O–H groups in total. The smallest absolute Gasteiger partial charge is 0.330 e. The number of esters is 1. The lowest BCUT2D eigenvalue weighted by molar-refractivity contribution is -0.146. The maximum atomic E-state index is 11.5. The van der Waals surface area contributed by atoms with E-state index in [0.29, 0.717) is 6.61 Å². The van der Waals surface area contributed by atoms with Crippen molar-refractivity contribution in [2.75, 3.05) is 6.61 Å². The van der Waals surface area contributed by atoms with E-state index in [0.717, 1.165) is 5.57 Å². The summed E-state index contributed by atoms with van der Waals surface area (Å²) in [5, 5.41) is 6.43. The predicted octanol–water partition coefficient (Wildman–Crippen LogP) is 1.17. The Morgan fingerprint density at radius 1 is 1.67 bits per heavy atom. The molecule has 0 aliphatic rings. The van der Waals surface area contributed by atoms with Crippen LogP contribution in [0.2, 0.25) is 0 Å². The molecule has 0 aromatic carbocycles. The van der Waals surface area contributed by atoms with Crippen LogP contribution in [0.15, 0.2) is 22.4 Å². The highest BCUT2D eigenvalue weighted by atomic mass is 16.5. The Morgan fingerprint density at radius 3 is 2.67 bits per heavy atom. The van der Waals surface area contributed by atoms with Gasteiger partial charge in [-0.1, -0.05) is 24.3 Å². The monoisotopic (exact) mass is 209 g/mol. The van der Waals surface area contributed by atoms with Crippen molar-refractivity contribution in [1.29, 1.82) is 0 Å². The first-order chi connectivity index (χ1) is 7.04. The molecule has 0 amide bonds. The zero-order chi connectivity index (χ0) is 11.8. The molecule has 0 aromatic rings. The van der Waals surface area contributed by atoms with Crippen molar-refractivity contribution in [2.24, 2.45) is 16.2 Å². The molecule has 0 heterocycles. The number of nitrogens with zero attached hydrogens (tertiary/aromatic N) is 2. The van der Waals surface area contributed by atoms with E-state index in [4.69, 9.17) is 12.7 Å². The first kappa shape index (κ1) is 13.7. The Labute approximate surface area is 91.4 Å². The van der Waals surface area contributed by atoms with Gasteiger partial charge in [0.05, 0.1) is 6.61 Å². The summed E-state index contributed by atoms with van der Waals surface area (Å²) in [6, 6.07) is -0.602. The van der Waals surface area contributed by atoms with Gasteiger partial charge in [0.2, 0.25) is 0 Å². The van der Waals surface area contributed by atoms with Crippen LogP contribution in [0.25, 0.3) is 0 Å². The summed E-state index contributed by atoms with van der Waals surface area (Å²) < 4.78 is 4.89. The molecule has 0 unspecified atom stereocenters. The predicted molar refractivity (Wildman–Crippen MR) is 58.1 cm³/mol. The maximum Gasteiger partial charge on any atom is 0.330 e. The summed E-state index contributed by atoms with van der Waals surface area (Å²) in [5.41, 5.74) is 3.39. The van der Waals surface area contributed by atoms with Crippen molar-refractivity contribution in [3.63, 3.8) is 0 Å². The summed E-state index contributed by atoms with van der Waals surface area (Å²) in [7, 11) is 4.85. The van der Waals surface area contributed by atoms with Gasteiger partial charge in [-0.3, -0.25) is 10.5 Å². The van der Waals surface area contributed by atoms with E-state index >= 15 is 0 Å². The van der Waals surface area contributed by atoms with Crippen molar-refractivity contribution in [3.05, 3.63) is 12.2 Å². The second kappa shape index (κ2) is 7.03. The molecular weight excluding hydrogens is 193 g/mol. The molecule has 82 valence electrons. The van der Waals surface area contributed by atoms with E-state index in [-0.39, 0.29) is 11.9 Å². The number of ether oxygens (including phenoxy) is 1. The van der Waals surface area contributed by atoms with Crippen molar-refractivity contribution in [2.45, 2.75) is 26.8 Å². The average molecular weight is 209 g/mol. The van der Waals surface area contributed by atoms with Gasteiger partial charge in [0.25, 0.3) is 7.98 Å². The molecule has 2 atom stereocenters. The van der Waals surface area contributed by atoms with Gasteiger partial charge in [-0.2, -0.15) is 0 Å². The Morgan fingerprint density at radius 2 is 2.27 bits per heavy atom. The Bertz CT molecular complexity index is 256. The zero-order valence-corrected chi connectivity index (χ0v) is 9.36. The van der Waals surface area contributed by atoms with Crippen LogP contribution < -0.4 is 5.43 Å².